The number of likely N-dealkylation sites (tertiary alicyclic amines) is 1. The van der Waals surface area contributed by atoms with Gasteiger partial charge in [0.2, 0.25) is 0 Å². The summed E-state index contributed by atoms with van der Waals surface area (Å²) in [4.78, 5) is 13.1. The molecule has 1 aliphatic rings. The Morgan fingerprint density at radius 3 is 2.70 bits per heavy atom. The molecule has 0 saturated carbocycles. The molecule has 0 aliphatic carbocycles. The summed E-state index contributed by atoms with van der Waals surface area (Å²) < 4.78 is 1.07. The van der Waals surface area contributed by atoms with Gasteiger partial charge in [-0.15, -0.1) is 0 Å². The molecule has 1 saturated heterocycles. The first-order valence-corrected chi connectivity index (χ1v) is 7.72. The van der Waals surface area contributed by atoms with Gasteiger partial charge in [0.1, 0.15) is 6.04 Å². The average molecular weight is 341 g/mol. The van der Waals surface area contributed by atoms with Crippen LogP contribution in [0.3, 0.4) is 0 Å². The van der Waals surface area contributed by atoms with Crippen molar-refractivity contribution in [2.45, 2.75) is 31.2 Å². The SMILES string of the molecule is CN1CCC(c2ccc(CC(N)C(=O)O)cc2Br)CC1. The Morgan fingerprint density at radius 2 is 2.15 bits per heavy atom. The zero-order valence-electron chi connectivity index (χ0n) is 11.7. The second-order valence-electron chi connectivity index (χ2n) is 5.58. The molecular weight excluding hydrogens is 320 g/mol. The normalized spacial score (nSPS) is 18.9. The number of aliphatic carboxylic acids is 1. The van der Waals surface area contributed by atoms with E-state index >= 15 is 0 Å². The van der Waals surface area contributed by atoms with Crippen LogP contribution in [0.25, 0.3) is 0 Å². The van der Waals surface area contributed by atoms with E-state index in [1.807, 2.05) is 12.1 Å². The standard InChI is InChI=1S/C15H21BrN2O2/c1-18-6-4-11(5-7-18)12-3-2-10(8-13(12)16)9-14(17)15(19)20/h2-3,8,11,14H,4-7,9,17H2,1H3,(H,19,20). The van der Waals surface area contributed by atoms with Crippen molar-refractivity contribution in [2.75, 3.05) is 20.1 Å². The lowest BCUT2D eigenvalue weighted by atomic mass is 9.89. The summed E-state index contributed by atoms with van der Waals surface area (Å²) in [5.74, 6) is -0.372. The second kappa shape index (κ2) is 6.70. The molecule has 0 radical (unpaired) electrons. The van der Waals surface area contributed by atoms with Gasteiger partial charge in [0, 0.05) is 4.47 Å². The highest BCUT2D eigenvalue weighted by Crippen LogP contribution is 2.33. The van der Waals surface area contributed by atoms with Crippen molar-refractivity contribution < 1.29 is 9.90 Å². The van der Waals surface area contributed by atoms with Gasteiger partial charge in [0.05, 0.1) is 0 Å². The zero-order chi connectivity index (χ0) is 14.7. The quantitative estimate of drug-likeness (QED) is 0.881. The maximum Gasteiger partial charge on any atom is 0.320 e. The van der Waals surface area contributed by atoms with E-state index < -0.39 is 12.0 Å². The monoisotopic (exact) mass is 340 g/mol. The van der Waals surface area contributed by atoms with E-state index in [1.54, 1.807) is 0 Å². The largest absolute Gasteiger partial charge is 0.480 e. The molecule has 20 heavy (non-hydrogen) atoms. The Hall–Kier alpha value is -0.910. The second-order valence-corrected chi connectivity index (χ2v) is 6.44. The van der Waals surface area contributed by atoms with E-state index in [4.69, 9.17) is 10.8 Å². The molecule has 3 N–H and O–H groups in total. The van der Waals surface area contributed by atoms with Crippen molar-refractivity contribution in [2.24, 2.45) is 5.73 Å². The lowest BCUT2D eigenvalue weighted by Crippen LogP contribution is -2.32. The Balaban J connectivity index is 2.08. The average Bonchev–Trinajstić information content (AvgIpc) is 2.40. The highest BCUT2D eigenvalue weighted by molar-refractivity contribution is 9.10. The molecule has 1 aliphatic heterocycles. The first kappa shape index (κ1) is 15.5. The molecule has 1 heterocycles. The Kier molecular flexibility index (Phi) is 5.18. The number of rotatable bonds is 4. The molecule has 1 unspecified atom stereocenters. The van der Waals surface area contributed by atoms with Crippen molar-refractivity contribution >= 4 is 21.9 Å². The smallest absolute Gasteiger partial charge is 0.320 e. The van der Waals surface area contributed by atoms with Gasteiger partial charge in [-0.2, -0.15) is 0 Å². The van der Waals surface area contributed by atoms with Gasteiger partial charge in [0.25, 0.3) is 0 Å². The highest BCUT2D eigenvalue weighted by atomic mass is 79.9. The van der Waals surface area contributed by atoms with Crippen LogP contribution in [0.1, 0.15) is 29.9 Å². The van der Waals surface area contributed by atoms with E-state index in [0.717, 1.165) is 23.1 Å². The number of piperidine rings is 1. The lowest BCUT2D eigenvalue weighted by molar-refractivity contribution is -0.138. The van der Waals surface area contributed by atoms with Gasteiger partial charge >= 0.3 is 5.97 Å². The molecule has 0 bridgehead atoms. The summed E-state index contributed by atoms with van der Waals surface area (Å²) in [6, 6.07) is 5.29. The predicted molar refractivity (Wildman–Crippen MR) is 82.9 cm³/mol. The number of hydrogen-bond acceptors (Lipinski definition) is 3. The van der Waals surface area contributed by atoms with Crippen molar-refractivity contribution in [3.8, 4) is 0 Å². The van der Waals surface area contributed by atoms with Crippen molar-refractivity contribution in [1.29, 1.82) is 0 Å². The van der Waals surface area contributed by atoms with Crippen molar-refractivity contribution in [3.63, 3.8) is 0 Å². The number of nitrogens with zero attached hydrogens (tertiary/aromatic N) is 1. The van der Waals surface area contributed by atoms with Gasteiger partial charge in [-0.1, -0.05) is 28.1 Å². The van der Waals surface area contributed by atoms with E-state index in [-0.39, 0.29) is 0 Å². The molecule has 0 spiro atoms. The number of nitrogens with two attached hydrogens (primary N) is 1. The van der Waals surface area contributed by atoms with Crippen molar-refractivity contribution in [3.05, 3.63) is 33.8 Å². The highest BCUT2D eigenvalue weighted by Gasteiger charge is 2.21. The van der Waals surface area contributed by atoms with Crippen LogP contribution in [-0.4, -0.2) is 42.2 Å². The summed E-state index contributed by atoms with van der Waals surface area (Å²) >= 11 is 3.62. The van der Waals surface area contributed by atoms with Crippen LogP contribution in [0.4, 0.5) is 0 Å². The zero-order valence-corrected chi connectivity index (χ0v) is 13.3. The van der Waals surface area contributed by atoms with Crippen LogP contribution in [0.15, 0.2) is 22.7 Å². The summed E-state index contributed by atoms with van der Waals surface area (Å²) in [6.07, 6.45) is 2.70. The molecular formula is C15H21BrN2O2. The third-order valence-electron chi connectivity index (χ3n) is 4.00. The molecule has 5 heteroatoms. The van der Waals surface area contributed by atoms with Crippen LogP contribution >= 0.6 is 15.9 Å². The minimum atomic E-state index is -0.958. The molecule has 1 aromatic rings. The third kappa shape index (κ3) is 3.81. The predicted octanol–water partition coefficient (Wildman–Crippen LogP) is 2.21. The molecule has 0 aromatic heterocycles. The fourth-order valence-electron chi connectivity index (χ4n) is 2.69. The van der Waals surface area contributed by atoms with Gasteiger partial charge in [-0.25, -0.2) is 0 Å². The molecule has 4 nitrogen and oxygen atoms in total. The van der Waals surface area contributed by atoms with Crippen LogP contribution in [0.5, 0.6) is 0 Å². The lowest BCUT2D eigenvalue weighted by Gasteiger charge is -2.29. The van der Waals surface area contributed by atoms with E-state index in [2.05, 4.69) is 33.9 Å². The molecule has 1 aromatic carbocycles. The number of carboxylic acid groups (broad SMARTS) is 1. The van der Waals surface area contributed by atoms with Gasteiger partial charge in [0.15, 0.2) is 0 Å². The molecule has 110 valence electrons. The maximum absolute atomic E-state index is 10.8. The Labute approximate surface area is 128 Å². The summed E-state index contributed by atoms with van der Waals surface area (Å²) in [7, 11) is 2.15. The number of halogens is 1. The number of carboxylic acids is 1. The number of benzene rings is 1. The van der Waals surface area contributed by atoms with E-state index in [1.165, 1.54) is 18.4 Å². The minimum absolute atomic E-state index is 0.363. The number of hydrogen-bond donors (Lipinski definition) is 2. The number of carbonyl (C=O) groups is 1. The van der Waals surface area contributed by atoms with Crippen LogP contribution in [0, 0.1) is 0 Å². The maximum atomic E-state index is 10.8. The fourth-order valence-corrected chi connectivity index (χ4v) is 3.44. The molecule has 2 rings (SSSR count). The summed E-state index contributed by atoms with van der Waals surface area (Å²) in [5, 5.41) is 8.85. The topological polar surface area (TPSA) is 66.6 Å². The van der Waals surface area contributed by atoms with Crippen LogP contribution in [-0.2, 0) is 11.2 Å². The van der Waals surface area contributed by atoms with E-state index in [9.17, 15) is 4.79 Å². The van der Waals surface area contributed by atoms with Crippen LogP contribution in [0.2, 0.25) is 0 Å². The van der Waals surface area contributed by atoms with Crippen molar-refractivity contribution in [1.82, 2.24) is 4.90 Å². The van der Waals surface area contributed by atoms with Gasteiger partial charge in [-0.3, -0.25) is 4.79 Å². The first-order valence-electron chi connectivity index (χ1n) is 6.92. The van der Waals surface area contributed by atoms with Gasteiger partial charge in [-0.05, 0) is 62.5 Å². The summed E-state index contributed by atoms with van der Waals surface area (Å²) in [5.41, 5.74) is 7.86. The first-order chi connectivity index (χ1) is 9.47. The molecule has 1 atom stereocenters. The van der Waals surface area contributed by atoms with Crippen LogP contribution < -0.4 is 5.73 Å². The molecule has 1 fully saturated rings. The Morgan fingerprint density at radius 1 is 1.50 bits per heavy atom. The van der Waals surface area contributed by atoms with Gasteiger partial charge < -0.3 is 15.7 Å². The molecule has 0 amide bonds. The minimum Gasteiger partial charge on any atom is -0.480 e. The summed E-state index contributed by atoms with van der Waals surface area (Å²) in [6.45, 7) is 2.26. The Bertz CT molecular complexity index is 485. The van der Waals surface area contributed by atoms with E-state index in [0.29, 0.717) is 12.3 Å². The fraction of sp³-hybridized carbons (Fsp3) is 0.533. The third-order valence-corrected chi connectivity index (χ3v) is 4.68.